The molecule has 1 aliphatic heterocycles. The average molecular weight is 602 g/mol. The first-order valence-electron chi connectivity index (χ1n) is 15.3. The Balaban J connectivity index is 1.09. The highest BCUT2D eigenvalue weighted by Gasteiger charge is 2.51. The van der Waals surface area contributed by atoms with Gasteiger partial charge >= 0.3 is 12.1 Å². The first-order valence-corrected chi connectivity index (χ1v) is 16.1. The fourth-order valence-corrected chi connectivity index (χ4v) is 8.26. The lowest BCUT2D eigenvalue weighted by Crippen LogP contribution is -2.51. The molecule has 5 aliphatic rings. The monoisotopic (exact) mass is 601 g/mol. The lowest BCUT2D eigenvalue weighted by Gasteiger charge is -2.56. The van der Waals surface area contributed by atoms with Gasteiger partial charge in [-0.25, -0.2) is 9.59 Å². The Labute approximate surface area is 251 Å². The summed E-state index contributed by atoms with van der Waals surface area (Å²) in [5.74, 6) is 1.60. The zero-order valence-corrected chi connectivity index (χ0v) is 25.4. The summed E-state index contributed by atoms with van der Waals surface area (Å²) in [6.07, 6.45) is 7.91. The fraction of sp³-hybridized carbons (Fsp3) is 0.700. The lowest BCUT2D eigenvalue weighted by molar-refractivity contribution is -0.149. The quantitative estimate of drug-likeness (QED) is 0.285. The molecule has 11 nitrogen and oxygen atoms in total. The van der Waals surface area contributed by atoms with Crippen molar-refractivity contribution in [3.8, 4) is 0 Å². The lowest BCUT2D eigenvalue weighted by atomic mass is 9.50. The molecule has 4 saturated carbocycles. The highest BCUT2D eigenvalue weighted by Crippen LogP contribution is 2.60. The van der Waals surface area contributed by atoms with E-state index in [0.717, 1.165) is 54.9 Å². The van der Waals surface area contributed by atoms with E-state index >= 15 is 0 Å². The third-order valence-electron chi connectivity index (χ3n) is 8.71. The second-order valence-electron chi connectivity index (χ2n) is 12.7. The molecule has 0 radical (unpaired) electrons. The van der Waals surface area contributed by atoms with Gasteiger partial charge < -0.3 is 25.4 Å². The highest BCUT2D eigenvalue weighted by atomic mass is 32.1. The van der Waals surface area contributed by atoms with E-state index in [1.165, 1.54) is 30.6 Å². The second-order valence-corrected chi connectivity index (χ2v) is 13.9. The van der Waals surface area contributed by atoms with Crippen molar-refractivity contribution in [2.75, 3.05) is 26.2 Å². The van der Waals surface area contributed by atoms with Crippen LogP contribution in [0.15, 0.2) is 17.1 Å². The van der Waals surface area contributed by atoms with Crippen LogP contribution in [0.1, 0.15) is 79.8 Å². The topological polar surface area (TPSA) is 147 Å². The molecule has 3 amide bonds. The standard InChI is InChI=1S/C30H43N5O6S/c1-18(2)41-27(38)23(34-29(39)40-17-30-13-19-10-20(14-30)12-21(11-19)15-30)16-33-26(37)24-6-4-22(42-24)5-7-25(36)35-28-31-8-3-9-32-28/h4,6,18-21,23H,3,5,7-17H2,1-2H3,(H,33,37)(H,34,39)(H2,31,32,35,36). The Morgan fingerprint density at radius 1 is 1.10 bits per heavy atom. The minimum atomic E-state index is -1.08. The van der Waals surface area contributed by atoms with Crippen molar-refractivity contribution >= 4 is 41.2 Å². The van der Waals surface area contributed by atoms with Gasteiger partial charge in [-0.3, -0.25) is 19.9 Å². The SMILES string of the molecule is CC(C)OC(=O)C(CNC(=O)c1ccc(CCC(=O)NC2=NCCCN2)s1)NC(=O)OCC12CC3CC(CC(C3)C1)C2. The molecule has 4 bridgehead atoms. The third-order valence-corrected chi connectivity index (χ3v) is 9.85. The predicted octanol–water partition coefficient (Wildman–Crippen LogP) is 3.14. The van der Waals surface area contributed by atoms with Gasteiger partial charge in [-0.15, -0.1) is 11.3 Å². The largest absolute Gasteiger partial charge is 0.461 e. The molecule has 0 aromatic carbocycles. The zero-order chi connectivity index (χ0) is 29.7. The number of ether oxygens (including phenoxy) is 2. The van der Waals surface area contributed by atoms with Crippen LogP contribution in [-0.2, 0) is 25.5 Å². The van der Waals surface area contributed by atoms with E-state index in [0.29, 0.717) is 30.4 Å². The van der Waals surface area contributed by atoms with E-state index in [2.05, 4.69) is 26.3 Å². The maximum atomic E-state index is 12.9. The number of aliphatic imine (C=N–C) groups is 1. The van der Waals surface area contributed by atoms with Crippen LogP contribution >= 0.6 is 11.3 Å². The van der Waals surface area contributed by atoms with Crippen molar-refractivity contribution in [2.45, 2.75) is 83.8 Å². The molecule has 4 aliphatic carbocycles. The molecule has 6 rings (SSSR count). The number of carbonyl (C=O) groups excluding carboxylic acids is 4. The molecule has 1 atom stereocenters. The molecule has 12 heteroatoms. The highest BCUT2D eigenvalue weighted by molar-refractivity contribution is 7.14. The number of hydrogen-bond donors (Lipinski definition) is 4. The number of nitrogens with zero attached hydrogens (tertiary/aromatic N) is 1. The maximum absolute atomic E-state index is 12.9. The van der Waals surface area contributed by atoms with Crippen LogP contribution < -0.4 is 21.3 Å². The van der Waals surface area contributed by atoms with E-state index in [4.69, 9.17) is 9.47 Å². The number of carbonyl (C=O) groups is 4. The Bertz CT molecular complexity index is 1160. The van der Waals surface area contributed by atoms with E-state index in [-0.39, 0.29) is 36.3 Å². The number of amides is 3. The summed E-state index contributed by atoms with van der Waals surface area (Å²) in [5, 5.41) is 11.2. The van der Waals surface area contributed by atoms with Crippen molar-refractivity contribution < 1.29 is 28.7 Å². The van der Waals surface area contributed by atoms with Gasteiger partial charge in [0.1, 0.15) is 6.04 Å². The van der Waals surface area contributed by atoms with Crippen LogP contribution in [0, 0.1) is 23.2 Å². The number of thiophene rings is 1. The molecule has 0 saturated heterocycles. The van der Waals surface area contributed by atoms with Crippen LogP contribution in [0.4, 0.5) is 4.79 Å². The van der Waals surface area contributed by atoms with Gasteiger partial charge in [0.2, 0.25) is 5.91 Å². The van der Waals surface area contributed by atoms with Crippen LogP contribution in [0.2, 0.25) is 0 Å². The van der Waals surface area contributed by atoms with Gasteiger partial charge in [0, 0.05) is 36.3 Å². The summed E-state index contributed by atoms with van der Waals surface area (Å²) in [6, 6.07) is 2.42. The second kappa shape index (κ2) is 13.4. The third kappa shape index (κ3) is 8.02. The maximum Gasteiger partial charge on any atom is 0.407 e. The molecule has 1 aromatic heterocycles. The van der Waals surface area contributed by atoms with E-state index in [1.807, 2.05) is 6.07 Å². The van der Waals surface area contributed by atoms with Gasteiger partial charge in [0.05, 0.1) is 17.6 Å². The number of aryl methyl sites for hydroxylation is 1. The molecule has 4 fully saturated rings. The van der Waals surface area contributed by atoms with Gasteiger partial charge in [0.15, 0.2) is 5.96 Å². The average Bonchev–Trinajstić information content (AvgIpc) is 3.42. The van der Waals surface area contributed by atoms with Crippen molar-refractivity contribution in [3.05, 3.63) is 21.9 Å². The summed E-state index contributed by atoms with van der Waals surface area (Å²) in [4.78, 5) is 56.3. The van der Waals surface area contributed by atoms with E-state index < -0.39 is 18.1 Å². The van der Waals surface area contributed by atoms with Crippen LogP contribution in [0.3, 0.4) is 0 Å². The minimum absolute atomic E-state index is 0.0622. The Morgan fingerprint density at radius 2 is 1.81 bits per heavy atom. The normalized spacial score (nSPS) is 26.5. The van der Waals surface area contributed by atoms with Crippen LogP contribution in [0.5, 0.6) is 0 Å². The van der Waals surface area contributed by atoms with Gasteiger partial charge in [-0.1, -0.05) is 0 Å². The molecule has 2 heterocycles. The van der Waals surface area contributed by atoms with E-state index in [9.17, 15) is 19.2 Å². The fourth-order valence-electron chi connectivity index (χ4n) is 7.34. The molecular formula is C30H43N5O6S. The molecule has 42 heavy (non-hydrogen) atoms. The molecule has 0 spiro atoms. The summed E-state index contributed by atoms with van der Waals surface area (Å²) in [7, 11) is 0. The zero-order valence-electron chi connectivity index (χ0n) is 24.5. The number of hydrogen-bond acceptors (Lipinski definition) is 9. The summed E-state index contributed by atoms with van der Waals surface area (Å²) >= 11 is 1.28. The predicted molar refractivity (Wildman–Crippen MR) is 158 cm³/mol. The van der Waals surface area contributed by atoms with Crippen molar-refractivity contribution in [3.63, 3.8) is 0 Å². The van der Waals surface area contributed by atoms with Crippen molar-refractivity contribution in [1.29, 1.82) is 0 Å². The summed E-state index contributed by atoms with van der Waals surface area (Å²) in [6.45, 7) is 5.16. The number of alkyl carbamates (subject to hydrolysis) is 1. The molecule has 4 N–H and O–H groups in total. The Hall–Kier alpha value is -3.15. The molecule has 1 aromatic rings. The summed E-state index contributed by atoms with van der Waals surface area (Å²) < 4.78 is 11.0. The van der Waals surface area contributed by atoms with Crippen molar-refractivity contribution in [1.82, 2.24) is 21.3 Å². The van der Waals surface area contributed by atoms with Crippen LogP contribution in [0.25, 0.3) is 0 Å². The Morgan fingerprint density at radius 3 is 2.45 bits per heavy atom. The molecule has 1 unspecified atom stereocenters. The number of guanidine groups is 1. The van der Waals surface area contributed by atoms with Gasteiger partial charge in [0.25, 0.3) is 5.91 Å². The summed E-state index contributed by atoms with van der Waals surface area (Å²) in [5.41, 5.74) is 0.0622. The van der Waals surface area contributed by atoms with Crippen molar-refractivity contribution in [2.24, 2.45) is 28.2 Å². The van der Waals surface area contributed by atoms with E-state index in [1.54, 1.807) is 19.9 Å². The van der Waals surface area contributed by atoms with Gasteiger partial charge in [-0.2, -0.15) is 0 Å². The molecular weight excluding hydrogens is 558 g/mol. The first-order chi connectivity index (χ1) is 20.2. The first kappa shape index (κ1) is 30.3. The number of rotatable bonds is 11. The molecule has 230 valence electrons. The smallest absolute Gasteiger partial charge is 0.407 e. The van der Waals surface area contributed by atoms with Crippen LogP contribution in [-0.4, -0.2) is 68.2 Å². The minimum Gasteiger partial charge on any atom is -0.461 e. The van der Waals surface area contributed by atoms with Gasteiger partial charge in [-0.05, 0) is 95.1 Å². The number of esters is 1. The Kier molecular flexibility index (Phi) is 9.70. The number of nitrogens with one attached hydrogen (secondary N) is 4.